The standard InChI is InChI=1S/C20H25FN4O/c21-18-5-2-8-23-19(18)25-10-11-26-16-20(15-25)6-3-9-24(14-20)13-17-4-1-7-22-12-17/h1-2,4-5,7-8,12H,3,6,9-11,13-16H2/t20-/m1/s1. The minimum atomic E-state index is -0.257. The fourth-order valence-corrected chi connectivity index (χ4v) is 4.23. The van der Waals surface area contributed by atoms with Crippen LogP contribution in [0.3, 0.4) is 0 Å². The molecule has 2 aliphatic rings. The first-order valence-electron chi connectivity index (χ1n) is 9.29. The van der Waals surface area contributed by atoms with Gasteiger partial charge in [-0.3, -0.25) is 9.88 Å². The van der Waals surface area contributed by atoms with Crippen LogP contribution in [0.2, 0.25) is 0 Å². The number of ether oxygens (including phenoxy) is 1. The van der Waals surface area contributed by atoms with E-state index in [9.17, 15) is 4.39 Å². The molecule has 0 radical (unpaired) electrons. The van der Waals surface area contributed by atoms with Crippen LogP contribution in [0.5, 0.6) is 0 Å². The number of hydrogen-bond donors (Lipinski definition) is 0. The lowest BCUT2D eigenvalue weighted by molar-refractivity contribution is 0.0106. The lowest BCUT2D eigenvalue weighted by Gasteiger charge is -2.43. The second kappa shape index (κ2) is 7.68. The molecule has 4 rings (SSSR count). The maximum atomic E-state index is 14.3. The van der Waals surface area contributed by atoms with Gasteiger partial charge in [0.2, 0.25) is 0 Å². The molecule has 2 saturated heterocycles. The molecule has 0 saturated carbocycles. The van der Waals surface area contributed by atoms with Crippen LogP contribution in [0, 0.1) is 11.2 Å². The number of nitrogens with zero attached hydrogens (tertiary/aromatic N) is 4. The molecule has 2 fully saturated rings. The molecular formula is C20H25FN4O. The van der Waals surface area contributed by atoms with Gasteiger partial charge in [-0.05, 0) is 43.1 Å². The van der Waals surface area contributed by atoms with E-state index in [2.05, 4.69) is 25.8 Å². The summed E-state index contributed by atoms with van der Waals surface area (Å²) in [5.74, 6) is 0.189. The molecular weight excluding hydrogens is 331 g/mol. The Bertz CT molecular complexity index is 729. The third kappa shape index (κ3) is 3.86. The van der Waals surface area contributed by atoms with Gasteiger partial charge in [-0.25, -0.2) is 9.37 Å². The summed E-state index contributed by atoms with van der Waals surface area (Å²) in [4.78, 5) is 13.0. The molecule has 0 unspecified atom stereocenters. The molecule has 138 valence electrons. The van der Waals surface area contributed by atoms with Crippen molar-refractivity contribution in [1.82, 2.24) is 14.9 Å². The smallest absolute Gasteiger partial charge is 0.165 e. The van der Waals surface area contributed by atoms with Crippen molar-refractivity contribution in [2.75, 3.05) is 44.3 Å². The van der Waals surface area contributed by atoms with Gasteiger partial charge < -0.3 is 9.64 Å². The van der Waals surface area contributed by atoms with Gasteiger partial charge in [-0.15, -0.1) is 0 Å². The van der Waals surface area contributed by atoms with Crippen molar-refractivity contribution in [2.45, 2.75) is 19.4 Å². The van der Waals surface area contributed by atoms with Crippen LogP contribution in [-0.4, -0.2) is 54.3 Å². The summed E-state index contributed by atoms with van der Waals surface area (Å²) in [5, 5.41) is 0. The van der Waals surface area contributed by atoms with Gasteiger partial charge in [0.05, 0.1) is 13.2 Å². The van der Waals surface area contributed by atoms with Crippen molar-refractivity contribution in [3.63, 3.8) is 0 Å². The molecule has 0 aliphatic carbocycles. The van der Waals surface area contributed by atoms with E-state index in [1.807, 2.05) is 12.3 Å². The molecule has 0 N–H and O–H groups in total. The zero-order valence-electron chi connectivity index (χ0n) is 15.0. The number of aromatic nitrogens is 2. The van der Waals surface area contributed by atoms with Crippen LogP contribution < -0.4 is 4.90 Å². The molecule has 4 heterocycles. The predicted molar refractivity (Wildman–Crippen MR) is 98.4 cm³/mol. The van der Waals surface area contributed by atoms with E-state index >= 15 is 0 Å². The number of pyridine rings is 2. The Kier molecular flexibility index (Phi) is 5.13. The van der Waals surface area contributed by atoms with E-state index in [1.165, 1.54) is 11.6 Å². The molecule has 6 heteroatoms. The third-order valence-electron chi connectivity index (χ3n) is 5.35. The SMILES string of the molecule is Fc1cccnc1N1CCOC[C@@]2(CCCN(Cc3cccnc3)C2)C1. The van der Waals surface area contributed by atoms with E-state index in [1.54, 1.807) is 18.5 Å². The van der Waals surface area contributed by atoms with Crippen LogP contribution in [0.4, 0.5) is 10.2 Å². The lowest BCUT2D eigenvalue weighted by atomic mass is 9.80. The largest absolute Gasteiger partial charge is 0.379 e. The summed E-state index contributed by atoms with van der Waals surface area (Å²) in [5.41, 5.74) is 1.24. The van der Waals surface area contributed by atoms with Crippen molar-refractivity contribution in [1.29, 1.82) is 0 Å². The maximum absolute atomic E-state index is 14.3. The van der Waals surface area contributed by atoms with Gasteiger partial charge in [-0.2, -0.15) is 0 Å². The Morgan fingerprint density at radius 1 is 1.15 bits per heavy atom. The summed E-state index contributed by atoms with van der Waals surface area (Å²) in [6.45, 7) is 5.72. The minimum Gasteiger partial charge on any atom is -0.379 e. The molecule has 0 amide bonds. The number of likely N-dealkylation sites (tertiary alicyclic amines) is 1. The highest BCUT2D eigenvalue weighted by Gasteiger charge is 2.39. The van der Waals surface area contributed by atoms with Crippen LogP contribution in [0.25, 0.3) is 0 Å². The van der Waals surface area contributed by atoms with Crippen molar-refractivity contribution in [3.8, 4) is 0 Å². The van der Waals surface area contributed by atoms with Crippen molar-refractivity contribution in [3.05, 3.63) is 54.2 Å². The maximum Gasteiger partial charge on any atom is 0.165 e. The summed E-state index contributed by atoms with van der Waals surface area (Å²) >= 11 is 0. The highest BCUT2D eigenvalue weighted by molar-refractivity contribution is 5.40. The van der Waals surface area contributed by atoms with Crippen LogP contribution in [0.15, 0.2) is 42.9 Å². The average molecular weight is 356 g/mol. The summed E-state index contributed by atoms with van der Waals surface area (Å²) in [6.07, 6.45) is 7.62. The molecule has 26 heavy (non-hydrogen) atoms. The Hall–Kier alpha value is -2.05. The Morgan fingerprint density at radius 2 is 2.08 bits per heavy atom. The third-order valence-corrected chi connectivity index (χ3v) is 5.35. The van der Waals surface area contributed by atoms with Gasteiger partial charge >= 0.3 is 0 Å². The topological polar surface area (TPSA) is 41.5 Å². The average Bonchev–Trinajstić information content (AvgIpc) is 2.85. The van der Waals surface area contributed by atoms with Gasteiger partial charge in [0.15, 0.2) is 11.6 Å². The van der Waals surface area contributed by atoms with E-state index in [0.29, 0.717) is 19.0 Å². The minimum absolute atomic E-state index is 0.0148. The highest BCUT2D eigenvalue weighted by Crippen LogP contribution is 2.35. The Labute approximate surface area is 153 Å². The molecule has 1 spiro atoms. The fourth-order valence-electron chi connectivity index (χ4n) is 4.23. The molecule has 2 aromatic rings. The summed E-state index contributed by atoms with van der Waals surface area (Å²) < 4.78 is 20.2. The van der Waals surface area contributed by atoms with Gasteiger partial charge in [0, 0.05) is 50.2 Å². The quantitative estimate of drug-likeness (QED) is 0.846. The molecule has 0 aromatic carbocycles. The van der Waals surface area contributed by atoms with E-state index < -0.39 is 0 Å². The number of halogens is 1. The number of piperidine rings is 1. The lowest BCUT2D eigenvalue weighted by Crippen LogP contribution is -2.50. The van der Waals surface area contributed by atoms with Gasteiger partial charge in [-0.1, -0.05) is 6.07 Å². The van der Waals surface area contributed by atoms with E-state index in [-0.39, 0.29) is 11.2 Å². The summed E-state index contributed by atoms with van der Waals surface area (Å²) in [7, 11) is 0. The van der Waals surface area contributed by atoms with Gasteiger partial charge in [0.1, 0.15) is 0 Å². The highest BCUT2D eigenvalue weighted by atomic mass is 19.1. The molecule has 2 aromatic heterocycles. The number of hydrogen-bond acceptors (Lipinski definition) is 5. The molecule has 2 aliphatic heterocycles. The first kappa shape index (κ1) is 17.4. The predicted octanol–water partition coefficient (Wildman–Crippen LogP) is 2.73. The monoisotopic (exact) mass is 356 g/mol. The molecule has 0 bridgehead atoms. The van der Waals surface area contributed by atoms with Gasteiger partial charge in [0.25, 0.3) is 0 Å². The normalized spacial score (nSPS) is 24.6. The van der Waals surface area contributed by atoms with Crippen molar-refractivity contribution in [2.24, 2.45) is 5.41 Å². The van der Waals surface area contributed by atoms with E-state index in [4.69, 9.17) is 4.74 Å². The fraction of sp³-hybridized carbons (Fsp3) is 0.500. The zero-order valence-corrected chi connectivity index (χ0v) is 15.0. The summed E-state index contributed by atoms with van der Waals surface area (Å²) in [6, 6.07) is 7.22. The Morgan fingerprint density at radius 3 is 2.92 bits per heavy atom. The number of anilines is 1. The second-order valence-corrected chi connectivity index (χ2v) is 7.46. The van der Waals surface area contributed by atoms with Crippen LogP contribution >= 0.6 is 0 Å². The molecule has 1 atom stereocenters. The zero-order chi connectivity index (χ0) is 17.8. The van der Waals surface area contributed by atoms with Crippen LogP contribution in [0.1, 0.15) is 18.4 Å². The van der Waals surface area contributed by atoms with Crippen molar-refractivity contribution < 1.29 is 9.13 Å². The van der Waals surface area contributed by atoms with Crippen LogP contribution in [-0.2, 0) is 11.3 Å². The second-order valence-electron chi connectivity index (χ2n) is 7.46. The molecule has 5 nitrogen and oxygen atoms in total. The first-order valence-corrected chi connectivity index (χ1v) is 9.29. The first-order chi connectivity index (χ1) is 12.7. The van der Waals surface area contributed by atoms with E-state index in [0.717, 1.165) is 45.6 Å². The van der Waals surface area contributed by atoms with Crippen molar-refractivity contribution >= 4 is 5.82 Å². The Balaban J connectivity index is 1.51. The number of rotatable bonds is 3.